The monoisotopic (exact) mass is 341 g/mol. The summed E-state index contributed by atoms with van der Waals surface area (Å²) >= 11 is 12.0. The van der Waals surface area contributed by atoms with Gasteiger partial charge in [0.15, 0.2) is 0 Å². The van der Waals surface area contributed by atoms with Gasteiger partial charge in [-0.3, -0.25) is 4.79 Å². The van der Waals surface area contributed by atoms with Crippen LogP contribution in [0.1, 0.15) is 43.6 Å². The van der Waals surface area contributed by atoms with Gasteiger partial charge in [-0.15, -0.1) is 0 Å². The third kappa shape index (κ3) is 3.58. The van der Waals surface area contributed by atoms with Gasteiger partial charge >= 0.3 is 0 Å². The van der Waals surface area contributed by atoms with Crippen LogP contribution in [0.15, 0.2) is 18.2 Å². The van der Waals surface area contributed by atoms with E-state index in [1.807, 2.05) is 12.1 Å². The van der Waals surface area contributed by atoms with Gasteiger partial charge < -0.3 is 10.4 Å². The van der Waals surface area contributed by atoms with E-state index in [9.17, 15) is 4.79 Å². The highest BCUT2D eigenvalue weighted by molar-refractivity contribution is 6.42. The van der Waals surface area contributed by atoms with Crippen LogP contribution in [0.3, 0.4) is 0 Å². The van der Waals surface area contributed by atoms with E-state index in [4.69, 9.17) is 28.3 Å². The summed E-state index contributed by atoms with van der Waals surface area (Å²) in [6.07, 6.45) is 4.84. The van der Waals surface area contributed by atoms with Crippen LogP contribution in [-0.2, 0) is 4.79 Å². The Hall–Kier alpha value is -0.770. The molecule has 0 bridgehead atoms. The fourth-order valence-electron chi connectivity index (χ4n) is 3.39. The Morgan fingerprint density at radius 1 is 1.18 bits per heavy atom. The molecule has 1 aromatic carbocycles. The molecule has 22 heavy (non-hydrogen) atoms. The lowest BCUT2D eigenvalue weighted by Crippen LogP contribution is -2.39. The van der Waals surface area contributed by atoms with Crippen molar-refractivity contribution in [2.75, 3.05) is 6.61 Å². The molecule has 2 saturated carbocycles. The van der Waals surface area contributed by atoms with Crippen LogP contribution in [0.2, 0.25) is 10.0 Å². The molecule has 1 aromatic rings. The molecule has 1 amide bonds. The second-order valence-electron chi connectivity index (χ2n) is 6.53. The van der Waals surface area contributed by atoms with E-state index < -0.39 is 0 Å². The Kier molecular flexibility index (Phi) is 4.96. The number of carbonyl (C=O) groups excluding carboxylic acids is 1. The predicted molar refractivity (Wildman–Crippen MR) is 88.3 cm³/mol. The van der Waals surface area contributed by atoms with Gasteiger partial charge in [0, 0.05) is 18.6 Å². The van der Waals surface area contributed by atoms with Gasteiger partial charge in [0.1, 0.15) is 0 Å². The van der Waals surface area contributed by atoms with E-state index in [0.29, 0.717) is 16.0 Å². The summed E-state index contributed by atoms with van der Waals surface area (Å²) in [5.74, 6) is 0.901. The molecule has 0 saturated heterocycles. The first kappa shape index (κ1) is 16.1. The third-order valence-corrected chi connectivity index (χ3v) is 5.69. The standard InChI is InChI=1S/C17H21Cl2NO2/c18-15-6-3-11(7-16(15)19)13-8-14(13)17(22)20-12-4-1-10(9-21)2-5-12/h3,6-7,10,12-14,21H,1-2,4-5,8-9H2,(H,20,22). The average molecular weight is 342 g/mol. The van der Waals surface area contributed by atoms with Gasteiger partial charge in [0.2, 0.25) is 5.91 Å². The number of benzene rings is 1. The van der Waals surface area contributed by atoms with E-state index in [1.54, 1.807) is 6.07 Å². The van der Waals surface area contributed by atoms with Crippen molar-refractivity contribution in [2.45, 2.75) is 44.1 Å². The fraction of sp³-hybridized carbons (Fsp3) is 0.588. The summed E-state index contributed by atoms with van der Waals surface area (Å²) in [4.78, 5) is 12.3. The molecule has 0 radical (unpaired) electrons. The molecule has 0 aliphatic heterocycles. The molecule has 0 aromatic heterocycles. The zero-order valence-corrected chi connectivity index (χ0v) is 13.9. The SMILES string of the molecule is O=C(NC1CCC(CO)CC1)C1CC1c1ccc(Cl)c(Cl)c1. The number of hydrogen-bond acceptors (Lipinski definition) is 2. The van der Waals surface area contributed by atoms with Crippen molar-refractivity contribution in [1.82, 2.24) is 5.32 Å². The molecule has 0 spiro atoms. The molecule has 2 fully saturated rings. The minimum absolute atomic E-state index is 0.0628. The van der Waals surface area contributed by atoms with Crippen LogP contribution < -0.4 is 5.32 Å². The molecule has 2 unspecified atom stereocenters. The Balaban J connectivity index is 1.51. The minimum Gasteiger partial charge on any atom is -0.396 e. The van der Waals surface area contributed by atoms with E-state index >= 15 is 0 Å². The van der Waals surface area contributed by atoms with Crippen LogP contribution in [-0.4, -0.2) is 23.7 Å². The van der Waals surface area contributed by atoms with E-state index in [0.717, 1.165) is 37.7 Å². The van der Waals surface area contributed by atoms with Crippen molar-refractivity contribution in [3.8, 4) is 0 Å². The zero-order chi connectivity index (χ0) is 15.7. The highest BCUT2D eigenvalue weighted by Gasteiger charge is 2.44. The van der Waals surface area contributed by atoms with Crippen molar-refractivity contribution < 1.29 is 9.90 Å². The normalized spacial score (nSPS) is 30.9. The van der Waals surface area contributed by atoms with Crippen LogP contribution in [0.25, 0.3) is 0 Å². The summed E-state index contributed by atoms with van der Waals surface area (Å²) < 4.78 is 0. The molecular weight excluding hydrogens is 321 g/mol. The highest BCUT2D eigenvalue weighted by atomic mass is 35.5. The fourth-order valence-corrected chi connectivity index (χ4v) is 3.70. The number of hydrogen-bond donors (Lipinski definition) is 2. The van der Waals surface area contributed by atoms with Crippen molar-refractivity contribution in [2.24, 2.45) is 11.8 Å². The van der Waals surface area contributed by atoms with Gasteiger partial charge in [-0.2, -0.15) is 0 Å². The lowest BCUT2D eigenvalue weighted by molar-refractivity contribution is -0.123. The number of nitrogens with one attached hydrogen (secondary N) is 1. The first-order valence-electron chi connectivity index (χ1n) is 7.94. The molecule has 5 heteroatoms. The second-order valence-corrected chi connectivity index (χ2v) is 7.35. The first-order valence-corrected chi connectivity index (χ1v) is 8.70. The number of carbonyl (C=O) groups is 1. The quantitative estimate of drug-likeness (QED) is 0.875. The van der Waals surface area contributed by atoms with Gasteiger partial charge in [-0.1, -0.05) is 29.3 Å². The molecule has 2 aliphatic rings. The Bertz CT molecular complexity index is 556. The number of halogens is 2. The Labute approximate surface area is 141 Å². The van der Waals surface area contributed by atoms with Gasteiger partial charge in [0.25, 0.3) is 0 Å². The summed E-state index contributed by atoms with van der Waals surface area (Å²) in [6.45, 7) is 0.267. The molecule has 2 atom stereocenters. The van der Waals surface area contributed by atoms with E-state index in [-0.39, 0.29) is 30.4 Å². The van der Waals surface area contributed by atoms with Crippen LogP contribution >= 0.6 is 23.2 Å². The van der Waals surface area contributed by atoms with Crippen LogP contribution in [0.5, 0.6) is 0 Å². The molecule has 3 rings (SSSR count). The van der Waals surface area contributed by atoms with Gasteiger partial charge in [-0.25, -0.2) is 0 Å². The van der Waals surface area contributed by atoms with Crippen molar-refractivity contribution in [3.63, 3.8) is 0 Å². The van der Waals surface area contributed by atoms with Gasteiger partial charge in [-0.05, 0) is 61.6 Å². The maximum Gasteiger partial charge on any atom is 0.223 e. The van der Waals surface area contributed by atoms with Crippen LogP contribution in [0.4, 0.5) is 0 Å². The van der Waals surface area contributed by atoms with Gasteiger partial charge in [0.05, 0.1) is 10.0 Å². The third-order valence-electron chi connectivity index (χ3n) is 4.95. The lowest BCUT2D eigenvalue weighted by Gasteiger charge is -2.28. The molecule has 2 aliphatic carbocycles. The van der Waals surface area contributed by atoms with E-state index in [2.05, 4.69) is 5.32 Å². The molecule has 0 heterocycles. The molecule has 3 nitrogen and oxygen atoms in total. The van der Waals surface area contributed by atoms with Crippen molar-refractivity contribution in [3.05, 3.63) is 33.8 Å². The lowest BCUT2D eigenvalue weighted by atomic mass is 9.86. The molecule has 2 N–H and O–H groups in total. The van der Waals surface area contributed by atoms with Crippen LogP contribution in [0, 0.1) is 11.8 Å². The summed E-state index contributed by atoms with van der Waals surface area (Å²) in [6, 6.07) is 5.89. The number of amides is 1. The molecular formula is C17H21Cl2NO2. The second kappa shape index (κ2) is 6.77. The minimum atomic E-state index is 0.0628. The van der Waals surface area contributed by atoms with Crippen molar-refractivity contribution >= 4 is 29.1 Å². The maximum absolute atomic E-state index is 12.3. The summed E-state index contributed by atoms with van der Waals surface area (Å²) in [5.41, 5.74) is 1.10. The largest absolute Gasteiger partial charge is 0.396 e. The Morgan fingerprint density at radius 3 is 2.55 bits per heavy atom. The first-order chi connectivity index (χ1) is 10.6. The van der Waals surface area contributed by atoms with Crippen molar-refractivity contribution in [1.29, 1.82) is 0 Å². The number of rotatable bonds is 4. The number of aliphatic hydroxyl groups is 1. The average Bonchev–Trinajstić information content (AvgIpc) is 3.31. The summed E-state index contributed by atoms with van der Waals surface area (Å²) in [5, 5.41) is 13.4. The Morgan fingerprint density at radius 2 is 1.91 bits per heavy atom. The number of aliphatic hydroxyl groups excluding tert-OH is 1. The summed E-state index contributed by atoms with van der Waals surface area (Å²) in [7, 11) is 0. The maximum atomic E-state index is 12.3. The predicted octanol–water partition coefficient (Wildman–Crippen LogP) is 3.76. The highest BCUT2D eigenvalue weighted by Crippen LogP contribution is 2.48. The smallest absolute Gasteiger partial charge is 0.223 e. The topological polar surface area (TPSA) is 49.3 Å². The van der Waals surface area contributed by atoms with E-state index in [1.165, 1.54) is 0 Å². The zero-order valence-electron chi connectivity index (χ0n) is 12.4. The molecule has 120 valence electrons.